The fourth-order valence-corrected chi connectivity index (χ4v) is 2.73. The molecule has 0 spiro atoms. The number of rotatable bonds is 5. The van der Waals surface area contributed by atoms with Gasteiger partial charge in [-0.1, -0.05) is 36.4 Å². The van der Waals surface area contributed by atoms with E-state index in [0.717, 1.165) is 28.0 Å². The number of aryl methyl sites for hydroxylation is 2. The van der Waals surface area contributed by atoms with Gasteiger partial charge >= 0.3 is 0 Å². The van der Waals surface area contributed by atoms with E-state index in [-0.39, 0.29) is 5.91 Å². The third-order valence-electron chi connectivity index (χ3n) is 4.18. The van der Waals surface area contributed by atoms with Crippen LogP contribution in [0.15, 0.2) is 61.2 Å². The molecule has 0 aliphatic carbocycles. The number of aromatic nitrogens is 2. The van der Waals surface area contributed by atoms with Crippen molar-refractivity contribution < 1.29 is 4.79 Å². The normalized spacial score (nSPS) is 10.6. The van der Waals surface area contributed by atoms with Crippen molar-refractivity contribution in [2.75, 3.05) is 6.54 Å². The molecule has 0 unspecified atom stereocenters. The second kappa shape index (κ2) is 7.26. The Morgan fingerprint density at radius 3 is 2.40 bits per heavy atom. The van der Waals surface area contributed by atoms with Gasteiger partial charge in [0, 0.05) is 18.7 Å². The van der Waals surface area contributed by atoms with Gasteiger partial charge in [0.2, 0.25) is 0 Å². The molecule has 1 amide bonds. The van der Waals surface area contributed by atoms with Gasteiger partial charge in [0.05, 0.1) is 22.4 Å². The minimum Gasteiger partial charge on any atom is -0.331 e. The van der Waals surface area contributed by atoms with Crippen molar-refractivity contribution in [1.82, 2.24) is 14.9 Å². The first kappa shape index (κ1) is 16.8. The lowest BCUT2D eigenvalue weighted by atomic mass is 10.1. The van der Waals surface area contributed by atoms with E-state index in [1.165, 1.54) is 0 Å². The lowest BCUT2D eigenvalue weighted by Crippen LogP contribution is -2.30. The molecule has 3 rings (SSSR count). The molecule has 0 saturated heterocycles. The third-order valence-corrected chi connectivity index (χ3v) is 4.18. The van der Waals surface area contributed by atoms with Crippen LogP contribution in [0.3, 0.4) is 0 Å². The predicted octanol–water partition coefficient (Wildman–Crippen LogP) is 4.08. The Bertz CT molecular complexity index is 919. The minimum atomic E-state index is -0.0364. The first-order valence-corrected chi connectivity index (χ1v) is 8.27. The highest BCUT2D eigenvalue weighted by atomic mass is 16.2. The molecule has 3 aromatic rings. The van der Waals surface area contributed by atoms with Crippen LogP contribution in [-0.2, 0) is 6.54 Å². The van der Waals surface area contributed by atoms with Crippen LogP contribution >= 0.6 is 0 Å². The quantitative estimate of drug-likeness (QED) is 0.662. The topological polar surface area (TPSA) is 46.1 Å². The number of nitrogens with zero attached hydrogens (tertiary/aromatic N) is 3. The van der Waals surface area contributed by atoms with E-state index >= 15 is 0 Å². The summed E-state index contributed by atoms with van der Waals surface area (Å²) in [6.07, 6.45) is 1.75. The van der Waals surface area contributed by atoms with Gasteiger partial charge in [0.15, 0.2) is 0 Å². The first-order chi connectivity index (χ1) is 12.1. The highest BCUT2D eigenvalue weighted by Crippen LogP contribution is 2.17. The summed E-state index contributed by atoms with van der Waals surface area (Å²) >= 11 is 0. The fraction of sp³-hybridized carbons (Fsp3) is 0.190. The van der Waals surface area contributed by atoms with Crippen molar-refractivity contribution in [1.29, 1.82) is 0 Å². The minimum absolute atomic E-state index is 0.0364. The number of benzene rings is 2. The largest absolute Gasteiger partial charge is 0.331 e. The summed E-state index contributed by atoms with van der Waals surface area (Å²) in [6.45, 7) is 8.67. The fourth-order valence-electron chi connectivity index (χ4n) is 2.73. The van der Waals surface area contributed by atoms with Gasteiger partial charge in [-0.15, -0.1) is 6.58 Å². The van der Waals surface area contributed by atoms with Crippen LogP contribution in [0.1, 0.15) is 27.3 Å². The zero-order valence-corrected chi connectivity index (χ0v) is 14.6. The Morgan fingerprint density at radius 2 is 1.72 bits per heavy atom. The molecule has 4 nitrogen and oxygen atoms in total. The van der Waals surface area contributed by atoms with E-state index in [9.17, 15) is 4.79 Å². The molecule has 0 N–H and O–H groups in total. The van der Waals surface area contributed by atoms with Gasteiger partial charge in [-0.3, -0.25) is 4.79 Å². The molecule has 4 heteroatoms. The van der Waals surface area contributed by atoms with Crippen molar-refractivity contribution in [3.8, 4) is 0 Å². The number of carbonyl (C=O) groups excluding carboxylic acids is 1. The van der Waals surface area contributed by atoms with E-state index < -0.39 is 0 Å². The van der Waals surface area contributed by atoms with Gasteiger partial charge in [-0.2, -0.15) is 0 Å². The monoisotopic (exact) mass is 331 g/mol. The maximum Gasteiger partial charge on any atom is 0.254 e. The van der Waals surface area contributed by atoms with Gasteiger partial charge in [0.1, 0.15) is 0 Å². The lowest BCUT2D eigenvalue weighted by molar-refractivity contribution is 0.0763. The number of fused-ring (bicyclic) bond motifs is 1. The molecule has 0 aliphatic heterocycles. The average Bonchev–Trinajstić information content (AvgIpc) is 2.62. The van der Waals surface area contributed by atoms with Crippen LogP contribution in [0.4, 0.5) is 0 Å². The Labute approximate surface area is 147 Å². The Morgan fingerprint density at radius 1 is 1.04 bits per heavy atom. The van der Waals surface area contributed by atoms with Gasteiger partial charge < -0.3 is 4.90 Å². The summed E-state index contributed by atoms with van der Waals surface area (Å²) in [5.41, 5.74) is 5.03. The summed E-state index contributed by atoms with van der Waals surface area (Å²) in [4.78, 5) is 23.8. The molecule has 126 valence electrons. The molecule has 0 bridgehead atoms. The molecule has 25 heavy (non-hydrogen) atoms. The van der Waals surface area contributed by atoms with Crippen LogP contribution in [0.5, 0.6) is 0 Å². The second-order valence-corrected chi connectivity index (χ2v) is 6.06. The molecular formula is C21H21N3O. The number of carbonyl (C=O) groups is 1. The van der Waals surface area contributed by atoms with Crippen molar-refractivity contribution in [2.45, 2.75) is 20.4 Å². The molecule has 0 aliphatic rings. The molecule has 0 saturated carbocycles. The van der Waals surface area contributed by atoms with Crippen LogP contribution in [-0.4, -0.2) is 27.3 Å². The summed E-state index contributed by atoms with van der Waals surface area (Å²) in [5.74, 6) is -0.0364. The van der Waals surface area contributed by atoms with Crippen molar-refractivity contribution >= 4 is 16.9 Å². The van der Waals surface area contributed by atoms with E-state index in [1.54, 1.807) is 11.0 Å². The highest BCUT2D eigenvalue weighted by Gasteiger charge is 2.16. The summed E-state index contributed by atoms with van der Waals surface area (Å²) in [5, 5.41) is 0. The maximum atomic E-state index is 13.0. The Kier molecular flexibility index (Phi) is 4.89. The zero-order valence-electron chi connectivity index (χ0n) is 14.6. The molecule has 1 heterocycles. The molecule has 0 radical (unpaired) electrons. The first-order valence-electron chi connectivity index (χ1n) is 8.27. The molecular weight excluding hydrogens is 310 g/mol. The van der Waals surface area contributed by atoms with Crippen molar-refractivity contribution in [2.24, 2.45) is 0 Å². The number of hydrogen-bond donors (Lipinski definition) is 0. The highest BCUT2D eigenvalue weighted by molar-refractivity contribution is 5.97. The van der Waals surface area contributed by atoms with Crippen LogP contribution in [0.25, 0.3) is 11.0 Å². The van der Waals surface area contributed by atoms with Crippen LogP contribution in [0, 0.1) is 13.8 Å². The van der Waals surface area contributed by atoms with Crippen molar-refractivity contribution in [3.63, 3.8) is 0 Å². The smallest absolute Gasteiger partial charge is 0.254 e. The Hall–Kier alpha value is -3.01. The van der Waals surface area contributed by atoms with Gasteiger partial charge in [-0.05, 0) is 37.6 Å². The van der Waals surface area contributed by atoms with E-state index in [4.69, 9.17) is 0 Å². The number of hydrogen-bond acceptors (Lipinski definition) is 3. The molecule has 2 aromatic carbocycles. The van der Waals surface area contributed by atoms with E-state index in [0.29, 0.717) is 18.7 Å². The average molecular weight is 331 g/mol. The number of amides is 1. The Balaban J connectivity index is 1.92. The van der Waals surface area contributed by atoms with Gasteiger partial charge in [-0.25, -0.2) is 9.97 Å². The van der Waals surface area contributed by atoms with Gasteiger partial charge in [0.25, 0.3) is 5.91 Å². The lowest BCUT2D eigenvalue weighted by Gasteiger charge is -2.21. The third kappa shape index (κ3) is 3.74. The molecule has 0 fully saturated rings. The second-order valence-electron chi connectivity index (χ2n) is 6.06. The zero-order chi connectivity index (χ0) is 17.8. The summed E-state index contributed by atoms with van der Waals surface area (Å²) in [6, 6.07) is 15.4. The van der Waals surface area contributed by atoms with Crippen LogP contribution < -0.4 is 0 Å². The summed E-state index contributed by atoms with van der Waals surface area (Å²) in [7, 11) is 0. The van der Waals surface area contributed by atoms with Crippen molar-refractivity contribution in [3.05, 3.63) is 83.7 Å². The molecule has 1 aromatic heterocycles. The van der Waals surface area contributed by atoms with E-state index in [1.807, 2.05) is 62.4 Å². The van der Waals surface area contributed by atoms with Crippen LogP contribution in [0.2, 0.25) is 0 Å². The predicted molar refractivity (Wildman–Crippen MR) is 100 cm³/mol. The molecule has 0 atom stereocenters. The summed E-state index contributed by atoms with van der Waals surface area (Å²) < 4.78 is 0. The SMILES string of the molecule is C=CCN(Cc1ccccc1)C(=O)c1ccc2nc(C)c(C)nc2c1. The van der Waals surface area contributed by atoms with E-state index in [2.05, 4.69) is 16.5 Å². The maximum absolute atomic E-state index is 13.0. The standard InChI is InChI=1S/C21H21N3O/c1-4-12-24(14-17-8-6-5-7-9-17)21(25)18-10-11-19-20(13-18)23-16(3)15(2)22-19/h4-11,13H,1,12,14H2,2-3H3.